The van der Waals surface area contributed by atoms with E-state index in [4.69, 9.17) is 16.1 Å². The van der Waals surface area contributed by atoms with Crippen molar-refractivity contribution in [3.63, 3.8) is 0 Å². The Labute approximate surface area is 129 Å². The average molecular weight is 322 g/mol. The van der Waals surface area contributed by atoms with Crippen LogP contribution in [0.5, 0.6) is 0 Å². The zero-order valence-electron chi connectivity index (χ0n) is 11.7. The second-order valence-corrected chi connectivity index (χ2v) is 6.21. The number of halogens is 1. The summed E-state index contributed by atoms with van der Waals surface area (Å²) in [4.78, 5) is 16.8. The van der Waals surface area contributed by atoms with E-state index in [1.165, 1.54) is 11.3 Å². The molecule has 3 rings (SSSR count). The fourth-order valence-electron chi connectivity index (χ4n) is 2.18. The Morgan fingerprint density at radius 3 is 2.81 bits per heavy atom. The predicted molar refractivity (Wildman–Crippen MR) is 81.7 cm³/mol. The summed E-state index contributed by atoms with van der Waals surface area (Å²) in [6.45, 7) is 3.73. The van der Waals surface area contributed by atoms with Gasteiger partial charge in [0.1, 0.15) is 0 Å². The van der Waals surface area contributed by atoms with E-state index in [0.717, 1.165) is 15.8 Å². The molecule has 0 aliphatic carbocycles. The summed E-state index contributed by atoms with van der Waals surface area (Å²) in [6.07, 6.45) is 0. The molecule has 7 heteroatoms. The van der Waals surface area contributed by atoms with Gasteiger partial charge in [-0.15, -0.1) is 0 Å². The maximum atomic E-state index is 12.1. The Bertz CT molecular complexity index is 920. The van der Waals surface area contributed by atoms with Crippen LogP contribution in [0.3, 0.4) is 0 Å². The lowest BCUT2D eigenvalue weighted by Crippen LogP contribution is -2.13. The molecule has 21 heavy (non-hydrogen) atoms. The lowest BCUT2D eigenvalue weighted by Gasteiger charge is -2.00. The highest BCUT2D eigenvalue weighted by Gasteiger charge is 2.12. The number of aromatic nitrogens is 2. The van der Waals surface area contributed by atoms with Gasteiger partial charge in [-0.05, 0) is 31.5 Å². The monoisotopic (exact) mass is 321 g/mol. The Morgan fingerprint density at radius 1 is 1.38 bits per heavy atom. The fourth-order valence-corrected chi connectivity index (χ4v) is 3.65. The normalized spacial score (nSPS) is 12.3. The number of thiazole rings is 1. The third kappa shape index (κ3) is 2.52. The van der Waals surface area contributed by atoms with E-state index in [2.05, 4.69) is 10.1 Å². The van der Waals surface area contributed by atoms with Crippen molar-refractivity contribution in [1.82, 2.24) is 9.72 Å². The molecule has 3 aromatic rings. The van der Waals surface area contributed by atoms with Crippen molar-refractivity contribution in [3.8, 4) is 0 Å². The van der Waals surface area contributed by atoms with Gasteiger partial charge >= 0.3 is 5.91 Å². The van der Waals surface area contributed by atoms with Crippen molar-refractivity contribution < 1.29 is 9.32 Å². The summed E-state index contributed by atoms with van der Waals surface area (Å²) >= 11 is 7.48. The minimum Gasteiger partial charge on any atom is -0.351 e. The Balaban J connectivity index is 2.16. The number of carbonyl (C=O) groups excluding carboxylic acids is 1. The Hall–Kier alpha value is -1.92. The Kier molecular flexibility index (Phi) is 3.43. The first kappa shape index (κ1) is 14.0. The predicted octanol–water partition coefficient (Wildman–Crippen LogP) is 3.24. The van der Waals surface area contributed by atoms with Crippen LogP contribution in [-0.4, -0.2) is 15.6 Å². The van der Waals surface area contributed by atoms with Gasteiger partial charge in [-0.2, -0.15) is 4.99 Å². The van der Waals surface area contributed by atoms with Crippen molar-refractivity contribution in [2.75, 3.05) is 0 Å². The molecule has 5 nitrogen and oxygen atoms in total. The van der Waals surface area contributed by atoms with E-state index < -0.39 is 5.91 Å². The number of aryl methyl sites for hydroxylation is 3. The molecule has 108 valence electrons. The van der Waals surface area contributed by atoms with Crippen LogP contribution in [-0.2, 0) is 7.05 Å². The van der Waals surface area contributed by atoms with E-state index in [0.29, 0.717) is 15.5 Å². The molecule has 0 radical (unpaired) electrons. The smallest absolute Gasteiger partial charge is 0.318 e. The quantitative estimate of drug-likeness (QED) is 0.691. The van der Waals surface area contributed by atoms with E-state index in [-0.39, 0.29) is 5.76 Å². The standard InChI is InChI=1S/C14H12ClN3O2S/c1-7-4-9(15)6-11-12(7)18(3)14(21-11)16-13(19)10-5-8(2)17-20-10/h4-6H,1-3H3. The molecule has 2 heterocycles. The van der Waals surface area contributed by atoms with Crippen molar-refractivity contribution in [1.29, 1.82) is 0 Å². The van der Waals surface area contributed by atoms with Crippen LogP contribution in [0.25, 0.3) is 10.2 Å². The number of fused-ring (bicyclic) bond motifs is 1. The van der Waals surface area contributed by atoms with E-state index in [1.807, 2.05) is 30.7 Å². The number of nitrogens with zero attached hydrogens (tertiary/aromatic N) is 3. The van der Waals surface area contributed by atoms with Crippen LogP contribution >= 0.6 is 22.9 Å². The second-order valence-electron chi connectivity index (χ2n) is 4.76. The molecule has 0 aliphatic rings. The summed E-state index contributed by atoms with van der Waals surface area (Å²) in [5, 5.41) is 4.37. The van der Waals surface area contributed by atoms with Gasteiger partial charge in [-0.25, -0.2) is 0 Å². The highest BCUT2D eigenvalue weighted by atomic mass is 35.5. The van der Waals surface area contributed by atoms with Crippen LogP contribution in [0.4, 0.5) is 0 Å². The number of amides is 1. The molecule has 0 bridgehead atoms. The molecular formula is C14H12ClN3O2S. The first-order chi connectivity index (χ1) is 9.95. The minimum absolute atomic E-state index is 0.139. The van der Waals surface area contributed by atoms with Gasteiger partial charge in [-0.1, -0.05) is 28.1 Å². The summed E-state index contributed by atoms with van der Waals surface area (Å²) in [5.41, 5.74) is 2.71. The first-order valence-electron chi connectivity index (χ1n) is 6.24. The maximum absolute atomic E-state index is 12.1. The molecule has 0 N–H and O–H groups in total. The largest absolute Gasteiger partial charge is 0.351 e. The third-order valence-electron chi connectivity index (χ3n) is 3.09. The van der Waals surface area contributed by atoms with Crippen LogP contribution in [0, 0.1) is 13.8 Å². The number of hydrogen-bond donors (Lipinski definition) is 0. The van der Waals surface area contributed by atoms with Crippen LogP contribution < -0.4 is 4.80 Å². The molecule has 1 aromatic carbocycles. The maximum Gasteiger partial charge on any atom is 0.318 e. The van der Waals surface area contributed by atoms with Gasteiger partial charge in [0.25, 0.3) is 0 Å². The number of rotatable bonds is 1. The number of benzene rings is 1. The molecule has 2 aromatic heterocycles. The minimum atomic E-state index is -0.443. The van der Waals surface area contributed by atoms with Gasteiger partial charge < -0.3 is 9.09 Å². The molecule has 0 fully saturated rings. The zero-order valence-corrected chi connectivity index (χ0v) is 13.2. The fraction of sp³-hybridized carbons (Fsp3) is 0.214. The van der Waals surface area contributed by atoms with Crippen molar-refractivity contribution in [2.24, 2.45) is 12.0 Å². The van der Waals surface area contributed by atoms with Crippen molar-refractivity contribution in [2.45, 2.75) is 13.8 Å². The average Bonchev–Trinajstić information content (AvgIpc) is 2.94. The van der Waals surface area contributed by atoms with Gasteiger partial charge in [-0.3, -0.25) is 4.79 Å². The third-order valence-corrected chi connectivity index (χ3v) is 4.39. The summed E-state index contributed by atoms with van der Waals surface area (Å²) in [6, 6.07) is 5.33. The van der Waals surface area contributed by atoms with E-state index in [9.17, 15) is 4.79 Å². The second kappa shape index (κ2) is 5.13. The lowest BCUT2D eigenvalue weighted by molar-refractivity contribution is 0.0962. The highest BCUT2D eigenvalue weighted by molar-refractivity contribution is 7.16. The number of hydrogen-bond acceptors (Lipinski definition) is 4. The van der Waals surface area contributed by atoms with Gasteiger partial charge in [0, 0.05) is 18.1 Å². The van der Waals surface area contributed by atoms with Crippen LogP contribution in [0.1, 0.15) is 21.8 Å². The van der Waals surface area contributed by atoms with Gasteiger partial charge in [0.2, 0.25) is 5.76 Å². The first-order valence-corrected chi connectivity index (χ1v) is 7.43. The van der Waals surface area contributed by atoms with E-state index >= 15 is 0 Å². The highest BCUT2D eigenvalue weighted by Crippen LogP contribution is 2.25. The summed E-state index contributed by atoms with van der Waals surface area (Å²) < 4.78 is 7.81. The van der Waals surface area contributed by atoms with Gasteiger partial charge in [0.05, 0.1) is 15.9 Å². The lowest BCUT2D eigenvalue weighted by atomic mass is 10.2. The molecule has 0 aliphatic heterocycles. The summed E-state index contributed by atoms with van der Waals surface area (Å²) in [7, 11) is 1.87. The van der Waals surface area contributed by atoms with Crippen LogP contribution in [0.2, 0.25) is 5.02 Å². The molecule has 0 atom stereocenters. The molecule has 1 amide bonds. The molecule has 0 unspecified atom stereocenters. The van der Waals surface area contributed by atoms with Crippen LogP contribution in [0.15, 0.2) is 27.7 Å². The molecule has 0 spiro atoms. The number of carbonyl (C=O) groups is 1. The van der Waals surface area contributed by atoms with Gasteiger partial charge in [0.15, 0.2) is 4.80 Å². The topological polar surface area (TPSA) is 60.4 Å². The SMILES string of the molecule is Cc1cc(C(=O)N=c2sc3cc(Cl)cc(C)c3n2C)on1. The van der Waals surface area contributed by atoms with Crippen molar-refractivity contribution >= 4 is 39.1 Å². The molecule has 0 saturated carbocycles. The zero-order chi connectivity index (χ0) is 15.1. The molecule has 0 saturated heterocycles. The van der Waals surface area contributed by atoms with E-state index in [1.54, 1.807) is 13.0 Å². The summed E-state index contributed by atoms with van der Waals surface area (Å²) in [5.74, 6) is -0.304. The molecular weight excluding hydrogens is 310 g/mol. The van der Waals surface area contributed by atoms with Crippen molar-refractivity contribution in [3.05, 3.63) is 45.0 Å². The Morgan fingerprint density at radius 2 is 2.14 bits per heavy atom.